The topological polar surface area (TPSA) is 52.6 Å². The van der Waals surface area contributed by atoms with E-state index in [1.165, 1.54) is 0 Å². The van der Waals surface area contributed by atoms with Gasteiger partial charge in [-0.1, -0.05) is 0 Å². The number of phenolic OH excluding ortho intramolecular Hbond substituents is 1. The van der Waals surface area contributed by atoms with Crippen molar-refractivity contribution in [2.24, 2.45) is 0 Å². The lowest BCUT2D eigenvalue weighted by Gasteiger charge is -2.33. The van der Waals surface area contributed by atoms with E-state index in [-0.39, 0.29) is 11.7 Å². The van der Waals surface area contributed by atoms with Gasteiger partial charge in [0.2, 0.25) is 0 Å². The predicted octanol–water partition coefficient (Wildman–Crippen LogP) is 1.52. The molecule has 0 saturated carbocycles. The Morgan fingerprint density at radius 2 is 2.28 bits per heavy atom. The highest BCUT2D eigenvalue weighted by Crippen LogP contribution is 2.19. The number of nitrogens with one attached hydrogen (secondary N) is 1. The highest BCUT2D eigenvalue weighted by molar-refractivity contribution is 5.95. The number of likely N-dealkylation sites (tertiary alicyclic amines) is 1. The van der Waals surface area contributed by atoms with E-state index in [0.717, 1.165) is 31.5 Å². The first kappa shape index (κ1) is 12.9. The number of aryl methyl sites for hydroxylation is 1. The predicted molar refractivity (Wildman–Crippen MR) is 70.8 cm³/mol. The summed E-state index contributed by atoms with van der Waals surface area (Å²) in [5, 5.41) is 12.6. The molecule has 2 N–H and O–H groups in total. The molecule has 0 aromatic heterocycles. The summed E-state index contributed by atoms with van der Waals surface area (Å²) < 4.78 is 0. The zero-order valence-electron chi connectivity index (χ0n) is 10.9. The Hall–Kier alpha value is -1.55. The molecule has 1 amide bonds. The second-order valence-electron chi connectivity index (χ2n) is 4.88. The minimum absolute atomic E-state index is 0.0625. The van der Waals surface area contributed by atoms with E-state index in [4.69, 9.17) is 0 Å². The number of amides is 1. The van der Waals surface area contributed by atoms with Crippen LogP contribution in [0, 0.1) is 6.92 Å². The molecule has 1 aliphatic rings. The zero-order valence-corrected chi connectivity index (χ0v) is 10.9. The smallest absolute Gasteiger partial charge is 0.254 e. The molecule has 18 heavy (non-hydrogen) atoms. The first-order valence-corrected chi connectivity index (χ1v) is 6.38. The van der Waals surface area contributed by atoms with E-state index >= 15 is 0 Å². The zero-order chi connectivity index (χ0) is 13.1. The molecule has 1 atom stereocenters. The van der Waals surface area contributed by atoms with Crippen LogP contribution in [-0.4, -0.2) is 42.1 Å². The first-order chi connectivity index (χ1) is 8.61. The summed E-state index contributed by atoms with van der Waals surface area (Å²) in [6, 6.07) is 5.29. The number of carbonyl (C=O) groups is 1. The van der Waals surface area contributed by atoms with Crippen LogP contribution in [0.2, 0.25) is 0 Å². The van der Waals surface area contributed by atoms with Crippen molar-refractivity contribution in [3.8, 4) is 5.75 Å². The lowest BCUT2D eigenvalue weighted by atomic mass is 10.0. The quantitative estimate of drug-likeness (QED) is 0.834. The van der Waals surface area contributed by atoms with Crippen molar-refractivity contribution >= 4 is 5.91 Å². The summed E-state index contributed by atoms with van der Waals surface area (Å²) in [6.07, 6.45) is 2.16. The molecule has 1 aromatic carbocycles. The fourth-order valence-electron chi connectivity index (χ4n) is 2.46. The minimum Gasteiger partial charge on any atom is -0.508 e. The molecule has 0 bridgehead atoms. The summed E-state index contributed by atoms with van der Waals surface area (Å²) in [5.74, 6) is 0.267. The van der Waals surface area contributed by atoms with Crippen molar-refractivity contribution in [2.45, 2.75) is 25.8 Å². The van der Waals surface area contributed by atoms with E-state index in [1.54, 1.807) is 18.2 Å². The minimum atomic E-state index is 0.0625. The van der Waals surface area contributed by atoms with Crippen molar-refractivity contribution in [1.82, 2.24) is 10.2 Å². The van der Waals surface area contributed by atoms with Gasteiger partial charge in [0, 0.05) is 24.7 Å². The number of likely N-dealkylation sites (N-methyl/N-ethyl adjacent to an activating group) is 1. The number of benzene rings is 1. The second-order valence-corrected chi connectivity index (χ2v) is 4.88. The maximum Gasteiger partial charge on any atom is 0.254 e. The number of aromatic hydroxyl groups is 1. The molecule has 4 nitrogen and oxygen atoms in total. The third-order valence-electron chi connectivity index (χ3n) is 3.56. The monoisotopic (exact) mass is 248 g/mol. The van der Waals surface area contributed by atoms with Crippen molar-refractivity contribution in [3.63, 3.8) is 0 Å². The van der Waals surface area contributed by atoms with Gasteiger partial charge in [-0.2, -0.15) is 0 Å². The highest BCUT2D eigenvalue weighted by Gasteiger charge is 2.24. The standard InChI is InChI=1S/C14H20N2O2/c1-10-8-12(17)5-6-13(10)14(18)16-7-3-4-11(9-16)15-2/h5-6,8,11,15,17H,3-4,7,9H2,1-2H3. The van der Waals surface area contributed by atoms with E-state index < -0.39 is 0 Å². The highest BCUT2D eigenvalue weighted by atomic mass is 16.3. The number of carbonyl (C=O) groups excluding carboxylic acids is 1. The fraction of sp³-hybridized carbons (Fsp3) is 0.500. The maximum absolute atomic E-state index is 12.4. The second kappa shape index (κ2) is 5.40. The Labute approximate surface area is 108 Å². The van der Waals surface area contributed by atoms with Crippen molar-refractivity contribution in [2.75, 3.05) is 20.1 Å². The maximum atomic E-state index is 12.4. The number of piperidine rings is 1. The molecule has 1 fully saturated rings. The SMILES string of the molecule is CNC1CCCN(C(=O)c2ccc(O)cc2C)C1. The lowest BCUT2D eigenvalue weighted by molar-refractivity contribution is 0.0697. The van der Waals surface area contributed by atoms with Crippen LogP contribution in [0.5, 0.6) is 5.75 Å². The van der Waals surface area contributed by atoms with Crippen LogP contribution in [-0.2, 0) is 0 Å². The average Bonchev–Trinajstić information content (AvgIpc) is 2.38. The van der Waals surface area contributed by atoms with Crippen LogP contribution in [0.1, 0.15) is 28.8 Å². The summed E-state index contributed by atoms with van der Waals surface area (Å²) in [5.41, 5.74) is 1.51. The third-order valence-corrected chi connectivity index (χ3v) is 3.56. The summed E-state index contributed by atoms with van der Waals surface area (Å²) >= 11 is 0. The number of hydrogen-bond acceptors (Lipinski definition) is 3. The van der Waals surface area contributed by atoms with E-state index in [0.29, 0.717) is 11.6 Å². The lowest BCUT2D eigenvalue weighted by Crippen LogP contribution is -2.47. The largest absolute Gasteiger partial charge is 0.508 e. The van der Waals surface area contributed by atoms with Gasteiger partial charge in [0.05, 0.1) is 0 Å². The normalized spacial score (nSPS) is 19.9. The van der Waals surface area contributed by atoms with Gasteiger partial charge in [-0.25, -0.2) is 0 Å². The Kier molecular flexibility index (Phi) is 3.87. The molecule has 0 aliphatic carbocycles. The van der Waals surface area contributed by atoms with E-state index in [2.05, 4.69) is 5.32 Å². The molecule has 2 rings (SSSR count). The molecule has 1 heterocycles. The van der Waals surface area contributed by atoms with E-state index in [9.17, 15) is 9.90 Å². The Morgan fingerprint density at radius 3 is 2.94 bits per heavy atom. The molecular weight excluding hydrogens is 228 g/mol. The first-order valence-electron chi connectivity index (χ1n) is 6.38. The van der Waals surface area contributed by atoms with Gasteiger partial charge in [0.15, 0.2) is 0 Å². The van der Waals surface area contributed by atoms with Gasteiger partial charge in [0.25, 0.3) is 5.91 Å². The average molecular weight is 248 g/mol. The summed E-state index contributed by atoms with van der Waals surface area (Å²) in [4.78, 5) is 14.3. The third kappa shape index (κ3) is 2.64. The Bertz CT molecular complexity index is 445. The molecule has 1 aliphatic heterocycles. The van der Waals surface area contributed by atoms with Crippen molar-refractivity contribution in [1.29, 1.82) is 0 Å². The molecule has 1 unspecified atom stereocenters. The number of nitrogens with zero attached hydrogens (tertiary/aromatic N) is 1. The van der Waals surface area contributed by atoms with Crippen LogP contribution in [0.4, 0.5) is 0 Å². The van der Waals surface area contributed by atoms with Crippen molar-refractivity contribution < 1.29 is 9.90 Å². The van der Waals surface area contributed by atoms with Gasteiger partial charge >= 0.3 is 0 Å². The van der Waals surface area contributed by atoms with Gasteiger partial charge < -0.3 is 15.3 Å². The molecule has 98 valence electrons. The van der Waals surface area contributed by atoms with Crippen molar-refractivity contribution in [3.05, 3.63) is 29.3 Å². The molecule has 1 aromatic rings. The van der Waals surface area contributed by atoms with Gasteiger partial charge in [-0.05, 0) is 50.6 Å². The fourth-order valence-corrected chi connectivity index (χ4v) is 2.46. The van der Waals surface area contributed by atoms with Crippen LogP contribution in [0.25, 0.3) is 0 Å². The Morgan fingerprint density at radius 1 is 1.50 bits per heavy atom. The number of phenols is 1. The Balaban J connectivity index is 2.15. The molecule has 0 spiro atoms. The van der Waals surface area contributed by atoms with Crippen LogP contribution in [0.3, 0.4) is 0 Å². The van der Waals surface area contributed by atoms with Gasteiger partial charge in [-0.15, -0.1) is 0 Å². The number of rotatable bonds is 2. The van der Waals surface area contributed by atoms with Crippen LogP contribution >= 0.6 is 0 Å². The number of hydrogen-bond donors (Lipinski definition) is 2. The van der Waals surface area contributed by atoms with Crippen LogP contribution in [0.15, 0.2) is 18.2 Å². The molecule has 0 radical (unpaired) electrons. The van der Waals surface area contributed by atoms with E-state index in [1.807, 2.05) is 18.9 Å². The summed E-state index contributed by atoms with van der Waals surface area (Å²) in [6.45, 7) is 3.43. The molecular formula is C14H20N2O2. The van der Waals surface area contributed by atoms with Gasteiger partial charge in [0.1, 0.15) is 5.75 Å². The summed E-state index contributed by atoms with van der Waals surface area (Å²) in [7, 11) is 1.93. The molecule has 4 heteroatoms. The van der Waals surface area contributed by atoms with Gasteiger partial charge in [-0.3, -0.25) is 4.79 Å². The van der Waals surface area contributed by atoms with Crippen LogP contribution < -0.4 is 5.32 Å². The molecule has 1 saturated heterocycles.